The van der Waals surface area contributed by atoms with Crippen LogP contribution in [0.3, 0.4) is 0 Å². The normalized spacial score (nSPS) is 19.2. The van der Waals surface area contributed by atoms with Gasteiger partial charge in [-0.15, -0.1) is 0 Å². The van der Waals surface area contributed by atoms with Gasteiger partial charge in [0, 0.05) is 30.4 Å². The highest BCUT2D eigenvalue weighted by Crippen LogP contribution is 2.27. The Bertz CT molecular complexity index is 572. The quantitative estimate of drug-likeness (QED) is 0.816. The Morgan fingerprint density at radius 1 is 1.55 bits per heavy atom. The van der Waals surface area contributed by atoms with Gasteiger partial charge in [0.15, 0.2) is 0 Å². The smallest absolute Gasteiger partial charge is 0.328 e. The second kappa shape index (κ2) is 5.73. The van der Waals surface area contributed by atoms with Crippen molar-refractivity contribution in [1.29, 1.82) is 0 Å². The molecule has 6 heteroatoms. The van der Waals surface area contributed by atoms with Crippen LogP contribution in [0.2, 0.25) is 0 Å². The van der Waals surface area contributed by atoms with E-state index in [9.17, 15) is 14.0 Å². The van der Waals surface area contributed by atoms with Crippen molar-refractivity contribution in [3.05, 3.63) is 35.7 Å². The van der Waals surface area contributed by atoms with Gasteiger partial charge in [0.1, 0.15) is 11.9 Å². The van der Waals surface area contributed by atoms with Crippen molar-refractivity contribution >= 4 is 23.6 Å². The molecule has 2 N–H and O–H groups in total. The average molecular weight is 278 g/mol. The van der Waals surface area contributed by atoms with E-state index in [0.717, 1.165) is 6.08 Å². The second-order valence-electron chi connectivity index (χ2n) is 4.50. The van der Waals surface area contributed by atoms with Gasteiger partial charge in [-0.2, -0.15) is 0 Å². The number of piperazine rings is 1. The Hall–Kier alpha value is -2.37. The lowest BCUT2D eigenvalue weighted by molar-refractivity contribution is -0.131. The molecule has 1 aliphatic heterocycles. The molecule has 0 saturated carbocycles. The molecule has 0 bridgehead atoms. The number of benzene rings is 1. The standard InChI is InChI=1S/C14H15FN2O3/c1-9-14(20)16-7-8-17(9)12-4-2-3-11(15)10(12)5-6-13(18)19/h2-6,9H,7-8H2,1H3,(H,16,20)(H,18,19)/b6-5+. The SMILES string of the molecule is CC1C(=O)NCCN1c1cccc(F)c1/C=C/C(=O)O. The van der Waals surface area contributed by atoms with Crippen LogP contribution in [0.1, 0.15) is 12.5 Å². The predicted octanol–water partition coefficient (Wildman–Crippen LogP) is 1.25. The van der Waals surface area contributed by atoms with Gasteiger partial charge in [-0.3, -0.25) is 4.79 Å². The summed E-state index contributed by atoms with van der Waals surface area (Å²) in [6.07, 6.45) is 2.10. The zero-order chi connectivity index (χ0) is 14.7. The summed E-state index contributed by atoms with van der Waals surface area (Å²) in [5.41, 5.74) is 0.696. The van der Waals surface area contributed by atoms with Crippen LogP contribution in [0.5, 0.6) is 0 Å². The number of anilines is 1. The van der Waals surface area contributed by atoms with E-state index in [1.54, 1.807) is 24.0 Å². The lowest BCUT2D eigenvalue weighted by atomic mass is 10.1. The molecule has 1 heterocycles. The molecule has 1 fully saturated rings. The van der Waals surface area contributed by atoms with E-state index >= 15 is 0 Å². The van der Waals surface area contributed by atoms with E-state index in [1.807, 2.05) is 0 Å². The molecular formula is C14H15FN2O3. The average Bonchev–Trinajstić information content (AvgIpc) is 2.40. The molecule has 1 aromatic rings. The number of amides is 1. The molecule has 20 heavy (non-hydrogen) atoms. The van der Waals surface area contributed by atoms with Crippen LogP contribution in [0.4, 0.5) is 10.1 Å². The Labute approximate surface area is 115 Å². The second-order valence-corrected chi connectivity index (χ2v) is 4.50. The van der Waals surface area contributed by atoms with Crippen LogP contribution in [-0.4, -0.2) is 36.1 Å². The van der Waals surface area contributed by atoms with Crippen LogP contribution in [-0.2, 0) is 9.59 Å². The van der Waals surface area contributed by atoms with Gasteiger partial charge in [-0.25, -0.2) is 9.18 Å². The topological polar surface area (TPSA) is 69.6 Å². The number of hydrogen-bond donors (Lipinski definition) is 2. The van der Waals surface area contributed by atoms with E-state index in [0.29, 0.717) is 18.8 Å². The van der Waals surface area contributed by atoms with Crippen LogP contribution >= 0.6 is 0 Å². The fourth-order valence-electron chi connectivity index (χ4n) is 2.21. The summed E-state index contributed by atoms with van der Waals surface area (Å²) in [5, 5.41) is 11.4. The predicted molar refractivity (Wildman–Crippen MR) is 72.9 cm³/mol. The summed E-state index contributed by atoms with van der Waals surface area (Å²) < 4.78 is 13.9. The summed E-state index contributed by atoms with van der Waals surface area (Å²) in [4.78, 5) is 24.0. The fourth-order valence-corrected chi connectivity index (χ4v) is 2.21. The number of hydrogen-bond acceptors (Lipinski definition) is 3. The minimum Gasteiger partial charge on any atom is -0.478 e. The van der Waals surface area contributed by atoms with Gasteiger partial charge < -0.3 is 15.3 Å². The van der Waals surface area contributed by atoms with Crippen molar-refractivity contribution in [2.75, 3.05) is 18.0 Å². The molecule has 0 aromatic heterocycles. The number of carbonyl (C=O) groups excluding carboxylic acids is 1. The Kier molecular flexibility index (Phi) is 4.02. The first kappa shape index (κ1) is 14.0. The first-order valence-corrected chi connectivity index (χ1v) is 6.24. The van der Waals surface area contributed by atoms with Crippen molar-refractivity contribution in [2.24, 2.45) is 0 Å². The summed E-state index contributed by atoms with van der Waals surface area (Å²) in [6.45, 7) is 2.75. The van der Waals surface area contributed by atoms with Gasteiger partial charge in [-0.05, 0) is 25.1 Å². The summed E-state index contributed by atoms with van der Waals surface area (Å²) >= 11 is 0. The third kappa shape index (κ3) is 2.79. The molecule has 2 rings (SSSR count). The van der Waals surface area contributed by atoms with Crippen molar-refractivity contribution < 1.29 is 19.1 Å². The number of nitrogens with one attached hydrogen (secondary N) is 1. The molecule has 1 unspecified atom stereocenters. The Balaban J connectivity index is 2.43. The van der Waals surface area contributed by atoms with E-state index in [1.165, 1.54) is 12.1 Å². The molecule has 1 saturated heterocycles. The number of rotatable bonds is 3. The van der Waals surface area contributed by atoms with Crippen molar-refractivity contribution in [3.63, 3.8) is 0 Å². The van der Waals surface area contributed by atoms with Crippen molar-refractivity contribution in [1.82, 2.24) is 5.32 Å². The van der Waals surface area contributed by atoms with Crippen LogP contribution in [0.25, 0.3) is 6.08 Å². The van der Waals surface area contributed by atoms with Crippen LogP contribution in [0.15, 0.2) is 24.3 Å². The molecule has 1 amide bonds. The number of halogens is 1. The van der Waals surface area contributed by atoms with E-state index < -0.39 is 17.8 Å². The maximum absolute atomic E-state index is 13.9. The van der Waals surface area contributed by atoms with Crippen molar-refractivity contribution in [3.8, 4) is 0 Å². The van der Waals surface area contributed by atoms with Gasteiger partial charge in [0.2, 0.25) is 5.91 Å². The van der Waals surface area contributed by atoms with Crippen molar-refractivity contribution in [2.45, 2.75) is 13.0 Å². The maximum Gasteiger partial charge on any atom is 0.328 e. The van der Waals surface area contributed by atoms with Gasteiger partial charge in [0.05, 0.1) is 0 Å². The first-order chi connectivity index (χ1) is 9.50. The molecule has 1 aliphatic rings. The Morgan fingerprint density at radius 2 is 2.30 bits per heavy atom. The zero-order valence-electron chi connectivity index (χ0n) is 11.0. The Morgan fingerprint density at radius 3 is 3.00 bits per heavy atom. The molecular weight excluding hydrogens is 263 g/mol. The first-order valence-electron chi connectivity index (χ1n) is 6.24. The number of aliphatic carboxylic acids is 1. The van der Waals surface area contributed by atoms with Crippen LogP contribution < -0.4 is 10.2 Å². The van der Waals surface area contributed by atoms with E-state index in [4.69, 9.17) is 5.11 Å². The number of carboxylic acid groups (broad SMARTS) is 1. The fraction of sp³-hybridized carbons (Fsp3) is 0.286. The third-order valence-electron chi connectivity index (χ3n) is 3.23. The molecule has 1 aromatic carbocycles. The molecule has 106 valence electrons. The molecule has 0 spiro atoms. The number of carbonyl (C=O) groups is 2. The van der Waals surface area contributed by atoms with Gasteiger partial charge >= 0.3 is 5.97 Å². The van der Waals surface area contributed by atoms with Gasteiger partial charge in [-0.1, -0.05) is 6.07 Å². The van der Waals surface area contributed by atoms with Gasteiger partial charge in [0.25, 0.3) is 0 Å². The monoisotopic (exact) mass is 278 g/mol. The highest BCUT2D eigenvalue weighted by molar-refractivity contribution is 5.89. The minimum absolute atomic E-state index is 0.131. The molecule has 0 aliphatic carbocycles. The molecule has 1 atom stereocenters. The maximum atomic E-state index is 13.9. The molecule has 5 nitrogen and oxygen atoms in total. The number of carboxylic acids is 1. The lowest BCUT2D eigenvalue weighted by Gasteiger charge is -2.35. The summed E-state index contributed by atoms with van der Waals surface area (Å²) in [7, 11) is 0. The number of nitrogens with zero attached hydrogens (tertiary/aromatic N) is 1. The zero-order valence-corrected chi connectivity index (χ0v) is 11.0. The summed E-state index contributed by atoms with van der Waals surface area (Å²) in [6, 6.07) is 4.06. The van der Waals surface area contributed by atoms with E-state index in [2.05, 4.69) is 5.32 Å². The molecule has 0 radical (unpaired) electrons. The largest absolute Gasteiger partial charge is 0.478 e. The lowest BCUT2D eigenvalue weighted by Crippen LogP contribution is -2.54. The van der Waals surface area contributed by atoms with E-state index in [-0.39, 0.29) is 11.5 Å². The highest BCUT2D eigenvalue weighted by atomic mass is 19.1. The highest BCUT2D eigenvalue weighted by Gasteiger charge is 2.27. The van der Waals surface area contributed by atoms with Crippen LogP contribution in [0, 0.1) is 5.82 Å². The third-order valence-corrected chi connectivity index (χ3v) is 3.23. The minimum atomic E-state index is -1.15. The summed E-state index contributed by atoms with van der Waals surface area (Å²) in [5.74, 6) is -1.80.